The Labute approximate surface area is 181 Å². The van der Waals surface area contributed by atoms with Crippen molar-refractivity contribution in [1.82, 2.24) is 5.06 Å². The first-order chi connectivity index (χ1) is 15.1. The number of fused-ring (bicyclic) bond motifs is 1. The summed E-state index contributed by atoms with van der Waals surface area (Å²) in [4.78, 5) is 65.2. The van der Waals surface area contributed by atoms with Crippen LogP contribution in [0.25, 0.3) is 0 Å². The molecule has 0 spiro atoms. The normalized spacial score (nSPS) is 27.0. The summed E-state index contributed by atoms with van der Waals surface area (Å²) in [7, 11) is 0. The highest BCUT2D eigenvalue weighted by molar-refractivity contribution is 6.20. The Morgan fingerprint density at radius 2 is 1.47 bits per heavy atom. The van der Waals surface area contributed by atoms with E-state index in [0.717, 1.165) is 20.8 Å². The number of nitrogens with zero attached hydrogens (tertiary/aromatic N) is 1. The molecule has 172 valence electrons. The average Bonchev–Trinajstić information content (AvgIpc) is 2.96. The number of hydroxylamine groups is 2. The molecule has 1 aromatic carbocycles. The van der Waals surface area contributed by atoms with Crippen LogP contribution in [-0.2, 0) is 38.2 Å². The smallest absolute Gasteiger partial charge is 0.303 e. The van der Waals surface area contributed by atoms with E-state index in [9.17, 15) is 29.1 Å². The maximum atomic E-state index is 12.6. The summed E-state index contributed by atoms with van der Waals surface area (Å²) >= 11 is 0. The first kappa shape index (κ1) is 23.3. The second-order valence-electron chi connectivity index (χ2n) is 7.04. The number of esters is 3. The molecule has 12 nitrogen and oxygen atoms in total. The minimum atomic E-state index is -1.67. The number of carbonyl (C=O) groups excluding carboxylic acids is 5. The van der Waals surface area contributed by atoms with Crippen LogP contribution in [0.15, 0.2) is 24.3 Å². The molecule has 0 aliphatic carbocycles. The molecule has 0 saturated carbocycles. The molecule has 2 aliphatic rings. The van der Waals surface area contributed by atoms with E-state index in [2.05, 4.69) is 0 Å². The lowest BCUT2D eigenvalue weighted by molar-refractivity contribution is -0.340. The lowest BCUT2D eigenvalue weighted by Gasteiger charge is -2.42. The summed E-state index contributed by atoms with van der Waals surface area (Å²) < 4.78 is 20.7. The van der Waals surface area contributed by atoms with Gasteiger partial charge in [-0.2, -0.15) is 0 Å². The fourth-order valence-electron chi connectivity index (χ4n) is 3.32. The Hall–Kier alpha value is -3.35. The molecule has 3 rings (SSSR count). The van der Waals surface area contributed by atoms with Gasteiger partial charge in [-0.05, 0) is 12.1 Å². The van der Waals surface area contributed by atoms with Crippen LogP contribution in [-0.4, -0.2) is 77.2 Å². The van der Waals surface area contributed by atoms with Gasteiger partial charge in [-0.1, -0.05) is 12.1 Å². The molecule has 3 unspecified atom stereocenters. The van der Waals surface area contributed by atoms with Crippen LogP contribution < -0.4 is 0 Å². The number of benzene rings is 1. The third-order valence-electron chi connectivity index (χ3n) is 4.64. The van der Waals surface area contributed by atoms with Gasteiger partial charge in [0, 0.05) is 20.8 Å². The van der Waals surface area contributed by atoms with Crippen molar-refractivity contribution < 1.29 is 52.9 Å². The van der Waals surface area contributed by atoms with E-state index in [-0.39, 0.29) is 11.1 Å². The van der Waals surface area contributed by atoms with Crippen molar-refractivity contribution in [3.8, 4) is 0 Å². The maximum Gasteiger partial charge on any atom is 0.303 e. The van der Waals surface area contributed by atoms with Gasteiger partial charge >= 0.3 is 17.9 Å². The number of amides is 2. The number of rotatable bonds is 6. The van der Waals surface area contributed by atoms with Gasteiger partial charge in [0.25, 0.3) is 11.8 Å². The van der Waals surface area contributed by atoms with Gasteiger partial charge in [-0.15, -0.1) is 5.06 Å². The van der Waals surface area contributed by atoms with Crippen LogP contribution in [0.2, 0.25) is 0 Å². The van der Waals surface area contributed by atoms with E-state index in [1.807, 2.05) is 0 Å². The zero-order valence-corrected chi connectivity index (χ0v) is 17.4. The van der Waals surface area contributed by atoms with E-state index in [1.54, 1.807) is 12.1 Å². The SMILES string of the molecule is CC(=O)OCC1O[C@@H](ON2C(=O)c3ccccc3C2=O)C(OC(C)=O)C(OC(C)=O)[C@@H]1O. The Kier molecular flexibility index (Phi) is 6.87. The highest BCUT2D eigenvalue weighted by Gasteiger charge is 2.52. The van der Waals surface area contributed by atoms with Crippen LogP contribution in [0.3, 0.4) is 0 Å². The highest BCUT2D eigenvalue weighted by Crippen LogP contribution is 2.31. The average molecular weight is 451 g/mol. The molecule has 0 aromatic heterocycles. The number of carbonyl (C=O) groups is 5. The largest absolute Gasteiger partial charge is 0.463 e. The Balaban J connectivity index is 1.91. The van der Waals surface area contributed by atoms with Gasteiger partial charge in [0.1, 0.15) is 18.8 Å². The number of hydrogen-bond acceptors (Lipinski definition) is 11. The number of ether oxygens (including phenoxy) is 4. The highest BCUT2D eigenvalue weighted by atomic mass is 16.8. The van der Waals surface area contributed by atoms with Crippen molar-refractivity contribution >= 4 is 29.7 Å². The molecule has 12 heteroatoms. The standard InChI is InChI=1S/C20H21NO11/c1-9(22)28-8-14-15(25)16(29-10(2)23)17(30-11(3)24)20(31-14)32-21-18(26)12-6-4-5-7-13(12)19(21)27/h4-7,14-17,20,25H,8H2,1-3H3/t14?,15-,16?,17?,20+/m1/s1. The molecule has 1 saturated heterocycles. The van der Waals surface area contributed by atoms with Crippen LogP contribution >= 0.6 is 0 Å². The third-order valence-corrected chi connectivity index (χ3v) is 4.64. The molecular formula is C20H21NO11. The zero-order valence-electron chi connectivity index (χ0n) is 17.4. The number of aliphatic hydroxyl groups is 1. The van der Waals surface area contributed by atoms with Crippen molar-refractivity contribution in [3.63, 3.8) is 0 Å². The van der Waals surface area contributed by atoms with E-state index in [4.69, 9.17) is 23.8 Å². The summed E-state index contributed by atoms with van der Waals surface area (Å²) in [6.07, 6.45) is -7.62. The Morgan fingerprint density at radius 3 is 1.97 bits per heavy atom. The van der Waals surface area contributed by atoms with E-state index >= 15 is 0 Å². The van der Waals surface area contributed by atoms with Gasteiger partial charge in [0.15, 0.2) is 12.2 Å². The van der Waals surface area contributed by atoms with Crippen molar-refractivity contribution in [2.45, 2.75) is 51.5 Å². The summed E-state index contributed by atoms with van der Waals surface area (Å²) in [6, 6.07) is 5.99. The van der Waals surface area contributed by atoms with Gasteiger partial charge in [-0.25, -0.2) is 4.84 Å². The molecule has 2 heterocycles. The summed E-state index contributed by atoms with van der Waals surface area (Å²) in [6.45, 7) is 2.78. The number of imide groups is 1. The maximum absolute atomic E-state index is 12.6. The number of aliphatic hydroxyl groups excluding tert-OH is 1. The molecule has 32 heavy (non-hydrogen) atoms. The molecule has 2 aliphatic heterocycles. The molecule has 1 aromatic rings. The summed E-state index contributed by atoms with van der Waals surface area (Å²) in [5.74, 6) is -3.91. The Bertz CT molecular complexity index is 910. The fourth-order valence-corrected chi connectivity index (χ4v) is 3.32. The van der Waals surface area contributed by atoms with Crippen molar-refractivity contribution in [3.05, 3.63) is 35.4 Å². The number of hydrogen-bond donors (Lipinski definition) is 1. The van der Waals surface area contributed by atoms with Gasteiger partial charge < -0.3 is 24.1 Å². The second-order valence-corrected chi connectivity index (χ2v) is 7.04. The van der Waals surface area contributed by atoms with Crippen LogP contribution in [0.1, 0.15) is 41.5 Å². The second kappa shape index (κ2) is 9.42. The molecule has 0 bridgehead atoms. The predicted molar refractivity (Wildman–Crippen MR) is 100 cm³/mol. The van der Waals surface area contributed by atoms with Crippen LogP contribution in [0.5, 0.6) is 0 Å². The van der Waals surface area contributed by atoms with Crippen LogP contribution in [0, 0.1) is 0 Å². The minimum Gasteiger partial charge on any atom is -0.463 e. The van der Waals surface area contributed by atoms with Crippen LogP contribution in [0.4, 0.5) is 0 Å². The molecule has 5 atom stereocenters. The molecular weight excluding hydrogens is 430 g/mol. The topological polar surface area (TPSA) is 155 Å². The van der Waals surface area contributed by atoms with Crippen molar-refractivity contribution in [2.75, 3.05) is 6.61 Å². The first-order valence-corrected chi connectivity index (χ1v) is 9.56. The molecule has 1 N–H and O–H groups in total. The van der Waals surface area contributed by atoms with Gasteiger partial charge in [-0.3, -0.25) is 24.0 Å². The minimum absolute atomic E-state index is 0.0883. The van der Waals surface area contributed by atoms with Gasteiger partial charge in [0.05, 0.1) is 11.1 Å². The predicted octanol–water partition coefficient (Wildman–Crippen LogP) is -0.274. The Morgan fingerprint density at radius 1 is 0.938 bits per heavy atom. The zero-order chi connectivity index (χ0) is 23.6. The quantitative estimate of drug-likeness (QED) is 0.345. The van der Waals surface area contributed by atoms with Crippen molar-refractivity contribution in [1.29, 1.82) is 0 Å². The lowest BCUT2D eigenvalue weighted by atomic mass is 9.98. The monoisotopic (exact) mass is 451 g/mol. The molecule has 0 radical (unpaired) electrons. The van der Waals surface area contributed by atoms with E-state index in [0.29, 0.717) is 5.06 Å². The van der Waals surface area contributed by atoms with Gasteiger partial charge in [0.2, 0.25) is 6.29 Å². The summed E-state index contributed by atoms with van der Waals surface area (Å²) in [5.41, 5.74) is 0.177. The van der Waals surface area contributed by atoms with Crippen molar-refractivity contribution in [2.24, 2.45) is 0 Å². The van der Waals surface area contributed by atoms with E-state index < -0.39 is 67.0 Å². The lowest BCUT2D eigenvalue weighted by Crippen LogP contribution is -2.63. The first-order valence-electron chi connectivity index (χ1n) is 9.56. The molecule has 1 fully saturated rings. The van der Waals surface area contributed by atoms with E-state index in [1.165, 1.54) is 12.1 Å². The summed E-state index contributed by atoms with van der Waals surface area (Å²) in [5, 5.41) is 11.0. The fraction of sp³-hybridized carbons (Fsp3) is 0.450. The molecule has 2 amide bonds. The third kappa shape index (κ3) is 4.77.